The van der Waals surface area contributed by atoms with Crippen LogP contribution in [0.2, 0.25) is 0 Å². The maximum atomic E-state index is 5.69. The monoisotopic (exact) mass is 1200 g/mol. The molecule has 0 unspecified atom stereocenters. The van der Waals surface area contributed by atoms with Crippen LogP contribution in [0, 0.1) is 0 Å². The molecule has 2 aliphatic heterocycles. The van der Waals surface area contributed by atoms with Gasteiger partial charge < -0.3 is 14.4 Å². The van der Waals surface area contributed by atoms with Gasteiger partial charge >= 0.3 is 0 Å². The molecule has 0 N–H and O–H groups in total. The van der Waals surface area contributed by atoms with E-state index in [1.807, 2.05) is 66.7 Å². The Morgan fingerprint density at radius 2 is 0.649 bits per heavy atom. The van der Waals surface area contributed by atoms with Gasteiger partial charge in [-0.2, -0.15) is 0 Å². The van der Waals surface area contributed by atoms with Crippen molar-refractivity contribution in [2.24, 2.45) is 0 Å². The summed E-state index contributed by atoms with van der Waals surface area (Å²) < 4.78 is 2.37. The second kappa shape index (κ2) is 22.7. The van der Waals surface area contributed by atoms with Crippen LogP contribution in [0.4, 0.5) is 34.1 Å². The largest absolute Gasteiger partial charge is 0.311 e. The third-order valence-electron chi connectivity index (χ3n) is 18.4. The number of para-hydroxylation sites is 5. The van der Waals surface area contributed by atoms with Crippen LogP contribution in [0.3, 0.4) is 0 Å². The van der Waals surface area contributed by atoms with Crippen molar-refractivity contribution in [2.75, 3.05) is 9.80 Å². The first-order chi connectivity index (χ1) is 46.6. The molecule has 438 valence electrons. The van der Waals surface area contributed by atoms with E-state index >= 15 is 0 Å². The van der Waals surface area contributed by atoms with Crippen molar-refractivity contribution in [1.29, 1.82) is 0 Å². The van der Waals surface area contributed by atoms with Gasteiger partial charge in [0.05, 0.1) is 28.1 Å². The summed E-state index contributed by atoms with van der Waals surface area (Å²) in [4.78, 5) is 31.8. The minimum atomic E-state index is 0.0129. The third kappa shape index (κ3) is 9.36. The van der Waals surface area contributed by atoms with Crippen molar-refractivity contribution in [1.82, 2.24) is 29.5 Å². The van der Waals surface area contributed by atoms with Crippen molar-refractivity contribution in [3.05, 3.63) is 334 Å². The van der Waals surface area contributed by atoms with E-state index in [0.717, 1.165) is 117 Å². The van der Waals surface area contributed by atoms with Gasteiger partial charge in [0.25, 0.3) is 6.71 Å². The average Bonchev–Trinajstić information content (AvgIpc) is 0.836. The minimum absolute atomic E-state index is 0.0129. The van der Waals surface area contributed by atoms with E-state index in [2.05, 4.69) is 281 Å². The maximum absolute atomic E-state index is 5.69. The Morgan fingerprint density at radius 3 is 1.21 bits per heavy atom. The van der Waals surface area contributed by atoms with Gasteiger partial charge in [-0.05, 0) is 130 Å². The van der Waals surface area contributed by atoms with Crippen LogP contribution in [0.5, 0.6) is 0 Å². The molecule has 16 aromatic rings. The molecular formula is C85H55BN8. The summed E-state index contributed by atoms with van der Waals surface area (Å²) in [7, 11) is 0. The SMILES string of the molecule is c1ccc(-c2ccc3c(c2)c2ccccc2n3-c2ccc(-c3nc(-c4ccccc4)nc(-c4ccccc4)n3)cc2-c2nc(-c3ccccc3)cc(-c3ccc(-c4cc5c6c(c4)N(c4ccccc4)c4ccccc4B6c4ccccc4N5c4ccccc4)cc3)n2)cc1. The Balaban J connectivity index is 0.836. The first-order valence-electron chi connectivity index (χ1n) is 31.8. The van der Waals surface area contributed by atoms with Gasteiger partial charge in [-0.3, -0.25) is 0 Å². The van der Waals surface area contributed by atoms with E-state index < -0.39 is 0 Å². The molecule has 0 amide bonds. The van der Waals surface area contributed by atoms with Crippen molar-refractivity contribution in [2.45, 2.75) is 0 Å². The second-order valence-electron chi connectivity index (χ2n) is 23.9. The first-order valence-corrected chi connectivity index (χ1v) is 31.8. The van der Waals surface area contributed by atoms with Gasteiger partial charge in [-0.25, -0.2) is 24.9 Å². The van der Waals surface area contributed by atoms with Crippen molar-refractivity contribution in [3.8, 4) is 96.0 Å². The molecule has 0 radical (unpaired) electrons. The Morgan fingerprint density at radius 1 is 0.234 bits per heavy atom. The van der Waals surface area contributed by atoms with Crippen LogP contribution < -0.4 is 26.2 Å². The molecule has 94 heavy (non-hydrogen) atoms. The van der Waals surface area contributed by atoms with E-state index in [9.17, 15) is 0 Å². The molecule has 0 saturated carbocycles. The summed E-state index contributed by atoms with van der Waals surface area (Å²) >= 11 is 0. The van der Waals surface area contributed by atoms with Crippen molar-refractivity contribution >= 4 is 79.0 Å². The molecule has 9 heteroatoms. The smallest absolute Gasteiger partial charge is 0.252 e. The molecular weight excluding hydrogens is 1140 g/mol. The predicted octanol–water partition coefficient (Wildman–Crippen LogP) is 19.2. The highest BCUT2D eigenvalue weighted by atomic mass is 15.2. The van der Waals surface area contributed by atoms with Crippen molar-refractivity contribution < 1.29 is 0 Å². The number of aromatic nitrogens is 6. The number of benzene rings is 13. The zero-order valence-electron chi connectivity index (χ0n) is 50.9. The van der Waals surface area contributed by atoms with Gasteiger partial charge in [0.1, 0.15) is 0 Å². The minimum Gasteiger partial charge on any atom is -0.311 e. The fourth-order valence-corrected chi connectivity index (χ4v) is 14.1. The summed E-state index contributed by atoms with van der Waals surface area (Å²) in [6.07, 6.45) is 0. The van der Waals surface area contributed by atoms with Crippen LogP contribution >= 0.6 is 0 Å². The van der Waals surface area contributed by atoms with E-state index in [0.29, 0.717) is 23.3 Å². The van der Waals surface area contributed by atoms with Crippen LogP contribution in [0.1, 0.15) is 0 Å². The predicted molar refractivity (Wildman–Crippen MR) is 387 cm³/mol. The van der Waals surface area contributed by atoms with Gasteiger partial charge in [0.2, 0.25) is 0 Å². The Bertz CT molecular complexity index is 5380. The fourth-order valence-electron chi connectivity index (χ4n) is 14.1. The number of hydrogen-bond donors (Lipinski definition) is 0. The molecule has 13 aromatic carbocycles. The standard InChI is InChI=1S/C85H55BN8/c1-7-25-56(26-8-1)62-47-49-75-68(51-62)67-37-19-22-40-74(67)94(75)76-50-48-63(84-90-82(60-29-11-3-12-30-60)89-83(91-84)61-31-13-4-14-32-61)52-69(76)85-87-72(58-27-9-2-10-28-58)55-73(88-85)59-45-43-57(44-46-59)64-53-79-81-80(54-64)93(66-35-17-6-18-36-66)78-42-24-21-39-71(78)86(81)70-38-20-23-41-77(70)92(79)65-33-15-5-16-34-65/h1-55H. The van der Waals surface area contributed by atoms with Crippen LogP contribution in [-0.2, 0) is 0 Å². The van der Waals surface area contributed by atoms with Gasteiger partial charge in [0.15, 0.2) is 23.3 Å². The van der Waals surface area contributed by atoms with Crippen molar-refractivity contribution in [3.63, 3.8) is 0 Å². The Kier molecular flexibility index (Phi) is 13.1. The van der Waals surface area contributed by atoms with Gasteiger partial charge in [-0.1, -0.05) is 243 Å². The Labute approximate surface area is 544 Å². The number of anilines is 6. The van der Waals surface area contributed by atoms with Crippen LogP contribution in [0.25, 0.3) is 118 Å². The normalized spacial score (nSPS) is 12.2. The summed E-state index contributed by atoms with van der Waals surface area (Å²) in [5.74, 6) is 2.24. The summed E-state index contributed by atoms with van der Waals surface area (Å²) in [5, 5.41) is 2.28. The average molecular weight is 1200 g/mol. The van der Waals surface area contributed by atoms with E-state index in [4.69, 9.17) is 24.9 Å². The lowest BCUT2D eigenvalue weighted by Crippen LogP contribution is -2.61. The molecule has 0 spiro atoms. The van der Waals surface area contributed by atoms with Gasteiger partial charge in [-0.15, -0.1) is 0 Å². The van der Waals surface area contributed by atoms with E-state index in [1.165, 1.54) is 27.8 Å². The molecule has 18 rings (SSSR count). The van der Waals surface area contributed by atoms with E-state index in [-0.39, 0.29) is 6.71 Å². The Hall–Kier alpha value is -12.6. The zero-order chi connectivity index (χ0) is 62.1. The summed E-state index contributed by atoms with van der Waals surface area (Å²) in [6, 6.07) is 119. The topological polar surface area (TPSA) is 75.9 Å². The molecule has 5 heterocycles. The number of hydrogen-bond acceptors (Lipinski definition) is 7. The zero-order valence-corrected chi connectivity index (χ0v) is 50.9. The fraction of sp³-hybridized carbons (Fsp3) is 0. The highest BCUT2D eigenvalue weighted by Crippen LogP contribution is 2.47. The lowest BCUT2D eigenvalue weighted by atomic mass is 9.33. The lowest BCUT2D eigenvalue weighted by Gasteiger charge is -2.44. The molecule has 8 nitrogen and oxygen atoms in total. The molecule has 0 fully saturated rings. The highest BCUT2D eigenvalue weighted by molar-refractivity contribution is 7.00. The number of nitrogens with zero attached hydrogens (tertiary/aromatic N) is 8. The second-order valence-corrected chi connectivity index (χ2v) is 23.9. The molecule has 3 aromatic heterocycles. The van der Waals surface area contributed by atoms with Crippen LogP contribution in [-0.4, -0.2) is 36.2 Å². The maximum Gasteiger partial charge on any atom is 0.252 e. The lowest BCUT2D eigenvalue weighted by molar-refractivity contribution is 1.07. The summed E-state index contributed by atoms with van der Waals surface area (Å²) in [6.45, 7) is 0.0129. The highest BCUT2D eigenvalue weighted by Gasteiger charge is 2.43. The third-order valence-corrected chi connectivity index (χ3v) is 18.4. The van der Waals surface area contributed by atoms with Gasteiger partial charge in [0, 0.05) is 78.3 Å². The summed E-state index contributed by atoms with van der Waals surface area (Å²) in [5.41, 5.74) is 25.1. The first kappa shape index (κ1) is 54.4. The van der Waals surface area contributed by atoms with E-state index in [1.54, 1.807) is 0 Å². The molecule has 0 bridgehead atoms. The van der Waals surface area contributed by atoms with Crippen LogP contribution in [0.15, 0.2) is 334 Å². The number of fused-ring (bicyclic) bond motifs is 7. The molecule has 0 saturated heterocycles. The number of rotatable bonds is 11. The quantitative estimate of drug-likeness (QED) is 0.119. The molecule has 2 aliphatic rings. The molecule has 0 aliphatic carbocycles. The molecule has 0 atom stereocenters.